The van der Waals surface area contributed by atoms with Gasteiger partial charge in [0.2, 0.25) is 5.69 Å². The normalized spacial score (nSPS) is 13.3. The molecule has 1 aliphatic heterocycles. The third-order valence-corrected chi connectivity index (χ3v) is 10.0. The minimum absolute atomic E-state index is 0.132. The summed E-state index contributed by atoms with van der Waals surface area (Å²) in [6, 6.07) is 18.4. The molecule has 1 aliphatic rings. The highest BCUT2D eigenvalue weighted by Crippen LogP contribution is 2.52. The first-order chi connectivity index (χ1) is 17.3. The van der Waals surface area contributed by atoms with Crippen LogP contribution in [0.25, 0.3) is 43.6 Å². The van der Waals surface area contributed by atoms with Crippen molar-refractivity contribution in [3.8, 4) is 22.8 Å². The Morgan fingerprint density at radius 2 is 1.59 bits per heavy atom. The van der Waals surface area contributed by atoms with Gasteiger partial charge in [0.1, 0.15) is 18.5 Å². The van der Waals surface area contributed by atoms with Gasteiger partial charge >= 0.3 is 0 Å². The van der Waals surface area contributed by atoms with E-state index < -0.39 is 8.07 Å². The summed E-state index contributed by atoms with van der Waals surface area (Å²) < 4.78 is 9.38. The van der Waals surface area contributed by atoms with E-state index in [1.807, 2.05) is 0 Å². The van der Waals surface area contributed by atoms with Crippen molar-refractivity contribution in [2.75, 3.05) is 0 Å². The maximum Gasteiger partial charge on any atom is 0.228 e. The SMILES string of the molecule is Cc1ccc2c(CC(C)(C)C)c3c(c(C)c2c1)-c1c2c(cc4c([Si](C)(C)C)cccc4c2cc[n+]1C)O3. The molecule has 0 radical (unpaired) electrons. The van der Waals surface area contributed by atoms with Crippen LogP contribution in [0.4, 0.5) is 0 Å². The smallest absolute Gasteiger partial charge is 0.228 e. The second-order valence-corrected chi connectivity index (χ2v) is 18.3. The van der Waals surface area contributed by atoms with Crippen molar-refractivity contribution >= 4 is 45.6 Å². The molecule has 0 saturated heterocycles. The minimum atomic E-state index is -1.55. The van der Waals surface area contributed by atoms with E-state index in [1.165, 1.54) is 65.5 Å². The average Bonchev–Trinajstić information content (AvgIpc) is 2.81. The molecule has 3 heteroatoms. The lowest BCUT2D eigenvalue weighted by molar-refractivity contribution is -0.659. The lowest BCUT2D eigenvalue weighted by Gasteiger charge is -2.29. The second kappa shape index (κ2) is 7.91. The molecule has 1 aromatic heterocycles. The summed E-state index contributed by atoms with van der Waals surface area (Å²) >= 11 is 0. The van der Waals surface area contributed by atoms with Gasteiger partial charge in [-0.2, -0.15) is 0 Å². The Labute approximate surface area is 221 Å². The van der Waals surface area contributed by atoms with E-state index in [0.29, 0.717) is 0 Å². The molecular formula is C34H38NOSi+. The topological polar surface area (TPSA) is 13.1 Å². The molecule has 6 rings (SSSR count). The lowest BCUT2D eigenvalue weighted by atomic mass is 9.81. The zero-order chi connectivity index (χ0) is 26.4. The van der Waals surface area contributed by atoms with Crippen molar-refractivity contribution in [2.24, 2.45) is 12.5 Å². The summed E-state index contributed by atoms with van der Waals surface area (Å²) in [4.78, 5) is 0. The molecule has 188 valence electrons. The van der Waals surface area contributed by atoms with E-state index in [9.17, 15) is 0 Å². The first-order valence-electron chi connectivity index (χ1n) is 13.5. The summed E-state index contributed by atoms with van der Waals surface area (Å²) in [5, 5.41) is 9.34. The highest BCUT2D eigenvalue weighted by atomic mass is 28.3. The Morgan fingerprint density at radius 3 is 2.30 bits per heavy atom. The summed E-state index contributed by atoms with van der Waals surface area (Å²) in [7, 11) is 0.627. The van der Waals surface area contributed by atoms with E-state index in [0.717, 1.165) is 17.9 Å². The fraction of sp³-hybridized carbons (Fsp3) is 0.324. The van der Waals surface area contributed by atoms with Crippen molar-refractivity contribution < 1.29 is 9.30 Å². The predicted molar refractivity (Wildman–Crippen MR) is 161 cm³/mol. The molecule has 5 aromatic rings. The van der Waals surface area contributed by atoms with Gasteiger partial charge in [0.25, 0.3) is 0 Å². The fourth-order valence-corrected chi connectivity index (χ4v) is 7.95. The van der Waals surface area contributed by atoms with Crippen molar-refractivity contribution in [3.05, 3.63) is 71.4 Å². The number of benzene rings is 4. The number of nitrogens with zero attached hydrogens (tertiary/aromatic N) is 1. The Morgan fingerprint density at radius 1 is 0.838 bits per heavy atom. The molecule has 0 bridgehead atoms. The third-order valence-electron chi connectivity index (χ3n) is 7.99. The molecule has 2 nitrogen and oxygen atoms in total. The molecular weight excluding hydrogens is 466 g/mol. The van der Waals surface area contributed by atoms with Gasteiger partial charge in [-0.1, -0.05) is 87.6 Å². The van der Waals surface area contributed by atoms with Gasteiger partial charge in [0.05, 0.1) is 19.0 Å². The highest BCUT2D eigenvalue weighted by Gasteiger charge is 2.35. The molecule has 2 heterocycles. The Hall–Kier alpha value is -3.17. The number of pyridine rings is 1. The Bertz CT molecular complexity index is 1770. The Kier molecular flexibility index (Phi) is 5.17. The molecule has 4 aromatic carbocycles. The van der Waals surface area contributed by atoms with Crippen molar-refractivity contribution in [2.45, 2.75) is 60.7 Å². The molecule has 0 unspecified atom stereocenters. The van der Waals surface area contributed by atoms with Crippen LogP contribution in [0.2, 0.25) is 19.6 Å². The van der Waals surface area contributed by atoms with Crippen molar-refractivity contribution in [1.82, 2.24) is 0 Å². The van der Waals surface area contributed by atoms with Crippen LogP contribution in [-0.2, 0) is 13.5 Å². The molecule has 0 fully saturated rings. The van der Waals surface area contributed by atoms with Crippen LogP contribution in [0.1, 0.15) is 37.5 Å². The monoisotopic (exact) mass is 504 g/mol. The van der Waals surface area contributed by atoms with Crippen molar-refractivity contribution in [1.29, 1.82) is 0 Å². The zero-order valence-corrected chi connectivity index (χ0v) is 24.8. The van der Waals surface area contributed by atoms with Crippen LogP contribution >= 0.6 is 0 Å². The lowest BCUT2D eigenvalue weighted by Crippen LogP contribution is -2.38. The number of aromatic nitrogens is 1. The van der Waals surface area contributed by atoms with E-state index in [2.05, 4.69) is 121 Å². The number of rotatable bonds is 2. The molecule has 0 N–H and O–H groups in total. The van der Waals surface area contributed by atoms with Crippen LogP contribution in [0.15, 0.2) is 54.7 Å². The summed E-state index contributed by atoms with van der Waals surface area (Å²) in [6.45, 7) is 18.7. The molecule has 0 aliphatic carbocycles. The van der Waals surface area contributed by atoms with Crippen LogP contribution < -0.4 is 14.5 Å². The molecule has 37 heavy (non-hydrogen) atoms. The first-order valence-corrected chi connectivity index (χ1v) is 17.0. The van der Waals surface area contributed by atoms with Gasteiger partial charge in [-0.3, -0.25) is 0 Å². The van der Waals surface area contributed by atoms with Crippen LogP contribution in [0.5, 0.6) is 11.5 Å². The Balaban J connectivity index is 1.81. The van der Waals surface area contributed by atoms with Gasteiger partial charge in [0, 0.05) is 17.0 Å². The van der Waals surface area contributed by atoms with Crippen molar-refractivity contribution in [3.63, 3.8) is 0 Å². The third kappa shape index (κ3) is 3.70. The molecule has 0 saturated carbocycles. The van der Waals surface area contributed by atoms with Crippen LogP contribution in [0, 0.1) is 19.3 Å². The van der Waals surface area contributed by atoms with Gasteiger partial charge < -0.3 is 4.74 Å². The van der Waals surface area contributed by atoms with Gasteiger partial charge in [-0.25, -0.2) is 4.57 Å². The first kappa shape index (κ1) is 24.2. The number of hydrogen-bond donors (Lipinski definition) is 0. The standard InChI is InChI=1S/C34H38NOSi/c1-20-13-14-23-25(17-20)21(2)30-32-31-24(15-16-35(32)6)22-11-10-12-29(37(7,8)9)26(22)18-28(31)36-33(30)27(23)19-34(3,4)5/h10-18H,19H2,1-9H3/q+1. The minimum Gasteiger partial charge on any atom is -0.455 e. The highest BCUT2D eigenvalue weighted by molar-refractivity contribution is 6.90. The van der Waals surface area contributed by atoms with Gasteiger partial charge in [-0.15, -0.1) is 0 Å². The zero-order valence-electron chi connectivity index (χ0n) is 23.8. The average molecular weight is 505 g/mol. The predicted octanol–water partition coefficient (Wildman–Crippen LogP) is 8.49. The van der Waals surface area contributed by atoms with E-state index >= 15 is 0 Å². The quantitative estimate of drug-likeness (QED) is 0.131. The number of fused-ring (bicyclic) bond motifs is 5. The van der Waals surface area contributed by atoms with E-state index in [4.69, 9.17) is 4.74 Å². The van der Waals surface area contributed by atoms with Crippen LogP contribution in [0.3, 0.4) is 0 Å². The van der Waals surface area contributed by atoms with Crippen LogP contribution in [-0.4, -0.2) is 8.07 Å². The molecule has 0 atom stereocenters. The van der Waals surface area contributed by atoms with E-state index in [1.54, 1.807) is 0 Å². The summed E-state index contributed by atoms with van der Waals surface area (Å²) in [5.41, 5.74) is 6.57. The molecule has 0 amide bonds. The fourth-order valence-electron chi connectivity index (χ4n) is 6.34. The second-order valence-electron chi connectivity index (χ2n) is 13.3. The number of aryl methyl sites for hydroxylation is 3. The van der Waals surface area contributed by atoms with E-state index in [-0.39, 0.29) is 5.41 Å². The maximum atomic E-state index is 7.08. The molecule has 0 spiro atoms. The van der Waals surface area contributed by atoms with Gasteiger partial charge in [-0.05, 0) is 58.9 Å². The summed E-state index contributed by atoms with van der Waals surface area (Å²) in [6.07, 6.45) is 3.19. The summed E-state index contributed by atoms with van der Waals surface area (Å²) in [5.74, 6) is 2.04. The number of ether oxygens (including phenoxy) is 1. The maximum absolute atomic E-state index is 7.08. The van der Waals surface area contributed by atoms with Gasteiger partial charge in [0.15, 0.2) is 6.20 Å². The number of hydrogen-bond acceptors (Lipinski definition) is 1. The largest absolute Gasteiger partial charge is 0.455 e.